The molecule has 108 valence electrons. The van der Waals surface area contributed by atoms with Crippen LogP contribution in [0.5, 0.6) is 0 Å². The van der Waals surface area contributed by atoms with Gasteiger partial charge in [0.2, 0.25) is 5.91 Å². The number of carbonyl (C=O) groups excluding carboxylic acids is 1. The minimum atomic E-state index is 0.149. The molecular formula is C16H17N3OS. The van der Waals surface area contributed by atoms with Crippen molar-refractivity contribution < 1.29 is 4.79 Å². The van der Waals surface area contributed by atoms with E-state index in [2.05, 4.69) is 21.4 Å². The molecule has 2 aromatic rings. The maximum Gasteiger partial charge on any atom is 0.227 e. The van der Waals surface area contributed by atoms with E-state index in [1.807, 2.05) is 19.1 Å². The average Bonchev–Trinajstić information content (AvgIpc) is 2.41. The SMILES string of the molecule is Cc1cc(Sc2ncccn2)ccc1NC(=O)C1CCC1. The molecule has 4 nitrogen and oxygen atoms in total. The number of rotatable bonds is 4. The third-order valence-corrected chi connectivity index (χ3v) is 4.57. The van der Waals surface area contributed by atoms with Crippen LogP contribution in [0, 0.1) is 12.8 Å². The summed E-state index contributed by atoms with van der Waals surface area (Å²) in [6.07, 6.45) is 6.67. The number of hydrogen-bond donors (Lipinski definition) is 1. The first kappa shape index (κ1) is 14.1. The Morgan fingerprint density at radius 2 is 2.05 bits per heavy atom. The van der Waals surface area contributed by atoms with Gasteiger partial charge < -0.3 is 5.32 Å². The Morgan fingerprint density at radius 1 is 1.29 bits per heavy atom. The van der Waals surface area contributed by atoms with Crippen LogP contribution in [0.25, 0.3) is 0 Å². The number of amides is 1. The fourth-order valence-corrected chi connectivity index (χ4v) is 3.00. The van der Waals surface area contributed by atoms with Gasteiger partial charge in [-0.2, -0.15) is 0 Å². The monoisotopic (exact) mass is 299 g/mol. The average molecular weight is 299 g/mol. The predicted octanol–water partition coefficient (Wildman–Crippen LogP) is 3.67. The van der Waals surface area contributed by atoms with Crippen molar-refractivity contribution in [2.24, 2.45) is 5.92 Å². The lowest BCUT2D eigenvalue weighted by atomic mass is 9.85. The quantitative estimate of drug-likeness (QED) is 0.875. The number of aryl methyl sites for hydroxylation is 1. The van der Waals surface area contributed by atoms with Gasteiger partial charge in [-0.3, -0.25) is 4.79 Å². The van der Waals surface area contributed by atoms with Crippen molar-refractivity contribution in [1.82, 2.24) is 9.97 Å². The molecule has 0 radical (unpaired) electrons. The molecule has 0 aliphatic heterocycles. The van der Waals surface area contributed by atoms with Gasteiger partial charge >= 0.3 is 0 Å². The van der Waals surface area contributed by atoms with Crippen LogP contribution < -0.4 is 5.32 Å². The van der Waals surface area contributed by atoms with E-state index in [0.717, 1.165) is 34.1 Å². The summed E-state index contributed by atoms with van der Waals surface area (Å²) in [4.78, 5) is 21.5. The van der Waals surface area contributed by atoms with Crippen molar-refractivity contribution in [3.8, 4) is 0 Å². The first-order chi connectivity index (χ1) is 10.2. The number of nitrogens with zero attached hydrogens (tertiary/aromatic N) is 2. The van der Waals surface area contributed by atoms with Gasteiger partial charge in [0.05, 0.1) is 0 Å². The zero-order valence-electron chi connectivity index (χ0n) is 11.9. The van der Waals surface area contributed by atoms with E-state index in [1.165, 1.54) is 18.2 Å². The van der Waals surface area contributed by atoms with Crippen LogP contribution in [0.15, 0.2) is 46.7 Å². The first-order valence-corrected chi connectivity index (χ1v) is 7.90. The zero-order valence-corrected chi connectivity index (χ0v) is 12.7. The number of carbonyl (C=O) groups is 1. The highest BCUT2D eigenvalue weighted by Crippen LogP contribution is 2.30. The van der Waals surface area contributed by atoms with Crippen LogP contribution >= 0.6 is 11.8 Å². The molecule has 1 aromatic heterocycles. The van der Waals surface area contributed by atoms with Gasteiger partial charge in [0.25, 0.3) is 0 Å². The Hall–Kier alpha value is -1.88. The smallest absolute Gasteiger partial charge is 0.227 e. The highest BCUT2D eigenvalue weighted by atomic mass is 32.2. The fourth-order valence-electron chi connectivity index (χ4n) is 2.19. The number of aromatic nitrogens is 2. The Bertz CT molecular complexity index is 641. The summed E-state index contributed by atoms with van der Waals surface area (Å²) in [5, 5.41) is 3.75. The Balaban J connectivity index is 1.69. The predicted molar refractivity (Wildman–Crippen MR) is 83.3 cm³/mol. The van der Waals surface area contributed by atoms with E-state index in [4.69, 9.17) is 0 Å². The second-order valence-corrected chi connectivity index (χ2v) is 6.27. The molecule has 5 heteroatoms. The van der Waals surface area contributed by atoms with Crippen LogP contribution in [0.2, 0.25) is 0 Å². The third kappa shape index (κ3) is 3.42. The highest BCUT2D eigenvalue weighted by molar-refractivity contribution is 7.99. The zero-order chi connectivity index (χ0) is 14.7. The topological polar surface area (TPSA) is 54.9 Å². The van der Waals surface area contributed by atoms with Gasteiger partial charge in [0.15, 0.2) is 5.16 Å². The van der Waals surface area contributed by atoms with E-state index < -0.39 is 0 Å². The molecule has 21 heavy (non-hydrogen) atoms. The maximum absolute atomic E-state index is 12.0. The normalized spacial score (nSPS) is 14.5. The Labute approximate surface area is 128 Å². The minimum absolute atomic E-state index is 0.149. The van der Waals surface area contributed by atoms with Crippen LogP contribution in [-0.2, 0) is 4.79 Å². The maximum atomic E-state index is 12.0. The molecule has 1 saturated carbocycles. The van der Waals surface area contributed by atoms with Crippen molar-refractivity contribution in [3.05, 3.63) is 42.2 Å². The van der Waals surface area contributed by atoms with Crippen molar-refractivity contribution in [1.29, 1.82) is 0 Å². The van der Waals surface area contributed by atoms with Gasteiger partial charge in [-0.25, -0.2) is 9.97 Å². The second-order valence-electron chi connectivity index (χ2n) is 5.23. The molecule has 1 aliphatic carbocycles. The molecule has 1 aromatic carbocycles. The van der Waals surface area contributed by atoms with Crippen LogP contribution in [0.4, 0.5) is 5.69 Å². The highest BCUT2D eigenvalue weighted by Gasteiger charge is 2.25. The molecule has 0 saturated heterocycles. The molecule has 0 unspecified atom stereocenters. The molecule has 0 atom stereocenters. The van der Waals surface area contributed by atoms with Crippen LogP contribution in [0.1, 0.15) is 24.8 Å². The minimum Gasteiger partial charge on any atom is -0.326 e. The van der Waals surface area contributed by atoms with Gasteiger partial charge in [-0.05, 0) is 61.4 Å². The van der Waals surface area contributed by atoms with Crippen molar-refractivity contribution in [2.45, 2.75) is 36.2 Å². The molecule has 1 aliphatic rings. The molecule has 1 fully saturated rings. The number of hydrogen-bond acceptors (Lipinski definition) is 4. The summed E-state index contributed by atoms with van der Waals surface area (Å²) >= 11 is 1.52. The molecule has 1 amide bonds. The summed E-state index contributed by atoms with van der Waals surface area (Å²) in [5.41, 5.74) is 1.95. The molecule has 3 rings (SSSR count). The first-order valence-electron chi connectivity index (χ1n) is 7.09. The lowest BCUT2D eigenvalue weighted by Crippen LogP contribution is -2.28. The van der Waals surface area contributed by atoms with E-state index in [1.54, 1.807) is 18.5 Å². The van der Waals surface area contributed by atoms with Gasteiger partial charge in [-0.15, -0.1) is 0 Å². The number of benzene rings is 1. The molecular weight excluding hydrogens is 282 g/mol. The van der Waals surface area contributed by atoms with Gasteiger partial charge in [-0.1, -0.05) is 6.42 Å². The molecule has 0 spiro atoms. The van der Waals surface area contributed by atoms with Crippen LogP contribution in [-0.4, -0.2) is 15.9 Å². The Kier molecular flexibility index (Phi) is 4.20. The van der Waals surface area contributed by atoms with Crippen molar-refractivity contribution in [3.63, 3.8) is 0 Å². The van der Waals surface area contributed by atoms with Crippen molar-refractivity contribution in [2.75, 3.05) is 5.32 Å². The third-order valence-electron chi connectivity index (χ3n) is 3.68. The summed E-state index contributed by atoms with van der Waals surface area (Å²) in [7, 11) is 0. The summed E-state index contributed by atoms with van der Waals surface area (Å²) < 4.78 is 0. The van der Waals surface area contributed by atoms with E-state index >= 15 is 0 Å². The molecule has 1 heterocycles. The number of anilines is 1. The lowest BCUT2D eigenvalue weighted by molar-refractivity contribution is -0.122. The summed E-state index contributed by atoms with van der Waals surface area (Å²) in [5.74, 6) is 0.354. The van der Waals surface area contributed by atoms with Gasteiger partial charge in [0.1, 0.15) is 0 Å². The molecule has 1 N–H and O–H groups in total. The largest absolute Gasteiger partial charge is 0.326 e. The lowest BCUT2D eigenvalue weighted by Gasteiger charge is -2.24. The van der Waals surface area contributed by atoms with Gasteiger partial charge in [0, 0.05) is 28.9 Å². The van der Waals surface area contributed by atoms with Crippen LogP contribution in [0.3, 0.4) is 0 Å². The summed E-state index contributed by atoms with van der Waals surface area (Å²) in [6.45, 7) is 2.01. The summed E-state index contributed by atoms with van der Waals surface area (Å²) in [6, 6.07) is 7.80. The second kappa shape index (κ2) is 6.26. The van der Waals surface area contributed by atoms with E-state index in [9.17, 15) is 4.79 Å². The fraction of sp³-hybridized carbons (Fsp3) is 0.312. The van der Waals surface area contributed by atoms with E-state index in [-0.39, 0.29) is 11.8 Å². The molecule has 0 bridgehead atoms. The van der Waals surface area contributed by atoms with Crippen molar-refractivity contribution >= 4 is 23.4 Å². The number of nitrogens with one attached hydrogen (secondary N) is 1. The standard InChI is InChI=1S/C16H17N3OS/c1-11-10-13(21-16-17-8-3-9-18-16)6-7-14(11)19-15(20)12-4-2-5-12/h3,6-10,12H,2,4-5H2,1H3,(H,19,20). The van der Waals surface area contributed by atoms with E-state index in [0.29, 0.717) is 0 Å². The Morgan fingerprint density at radius 3 is 2.67 bits per heavy atom.